The van der Waals surface area contributed by atoms with E-state index in [9.17, 15) is 0 Å². The first-order valence-corrected chi connectivity index (χ1v) is 3.90. The summed E-state index contributed by atoms with van der Waals surface area (Å²) in [6, 6.07) is 0. The van der Waals surface area contributed by atoms with Crippen LogP contribution in [0.15, 0.2) is 0 Å². The monoisotopic (exact) mass is 207 g/mol. The first-order valence-electron chi connectivity index (χ1n) is 3.90. The number of rotatable bonds is 5. The number of hydrogen-bond donors (Lipinski definition) is 1. The van der Waals surface area contributed by atoms with Crippen molar-refractivity contribution < 1.29 is 14.2 Å². The Kier molecular flexibility index (Phi) is 8.19. The molecule has 0 aliphatic carbocycles. The lowest BCUT2D eigenvalue weighted by Gasteiger charge is -2.29. The molecule has 0 aromatic carbocycles. The topological polar surface area (TPSA) is 51.5 Å². The summed E-state index contributed by atoms with van der Waals surface area (Å²) < 4.78 is 15.0. The Hall–Kier alpha value is -0.393. The molecule has 0 saturated heterocycles. The highest BCUT2D eigenvalue weighted by Crippen LogP contribution is 2.19. The third kappa shape index (κ3) is 3.46. The predicted molar refractivity (Wildman–Crippen MR) is 57.7 cm³/mol. The van der Waals surface area contributed by atoms with Crippen molar-refractivity contribution in [2.24, 2.45) is 0 Å². The SMILES string of the molecule is CCCC(OC)(OC)C(=N)OC.[SiH4]. The van der Waals surface area contributed by atoms with Crippen LogP contribution in [0.25, 0.3) is 0 Å². The van der Waals surface area contributed by atoms with E-state index in [4.69, 9.17) is 19.6 Å². The smallest absolute Gasteiger partial charge is 0.245 e. The molecule has 0 bridgehead atoms. The van der Waals surface area contributed by atoms with Crippen molar-refractivity contribution in [3.8, 4) is 0 Å². The molecule has 80 valence electrons. The van der Waals surface area contributed by atoms with E-state index in [1.54, 1.807) is 0 Å². The lowest BCUT2D eigenvalue weighted by Crippen LogP contribution is -2.43. The van der Waals surface area contributed by atoms with Gasteiger partial charge in [-0.3, -0.25) is 5.41 Å². The molecule has 0 fully saturated rings. The van der Waals surface area contributed by atoms with Crippen LogP contribution in [0.2, 0.25) is 0 Å². The zero-order valence-electron chi connectivity index (χ0n) is 8.14. The van der Waals surface area contributed by atoms with Crippen LogP contribution >= 0.6 is 0 Å². The van der Waals surface area contributed by atoms with Gasteiger partial charge in [-0.1, -0.05) is 13.3 Å². The summed E-state index contributed by atoms with van der Waals surface area (Å²) in [5.41, 5.74) is 0. The first kappa shape index (κ1) is 15.1. The van der Waals surface area contributed by atoms with Crippen LogP contribution in [-0.2, 0) is 14.2 Å². The molecule has 0 aromatic heterocycles. The van der Waals surface area contributed by atoms with Gasteiger partial charge >= 0.3 is 0 Å². The van der Waals surface area contributed by atoms with Gasteiger partial charge in [0.2, 0.25) is 11.7 Å². The molecular weight excluding hydrogens is 186 g/mol. The van der Waals surface area contributed by atoms with E-state index in [1.165, 1.54) is 21.3 Å². The van der Waals surface area contributed by atoms with Crippen LogP contribution in [0.1, 0.15) is 19.8 Å². The van der Waals surface area contributed by atoms with Crippen LogP contribution in [0.5, 0.6) is 0 Å². The number of nitrogens with one attached hydrogen (secondary N) is 1. The molecule has 5 heteroatoms. The highest BCUT2D eigenvalue weighted by Gasteiger charge is 2.35. The second-order valence-electron chi connectivity index (χ2n) is 2.44. The molecule has 0 spiro atoms. The molecule has 0 aromatic rings. The quantitative estimate of drug-likeness (QED) is 0.298. The number of ether oxygens (including phenoxy) is 3. The summed E-state index contributed by atoms with van der Waals surface area (Å²) in [5, 5.41) is 7.47. The van der Waals surface area contributed by atoms with E-state index in [2.05, 4.69) is 0 Å². The second-order valence-corrected chi connectivity index (χ2v) is 2.44. The maximum absolute atomic E-state index is 7.47. The summed E-state index contributed by atoms with van der Waals surface area (Å²) in [7, 11) is 4.45. The van der Waals surface area contributed by atoms with Crippen LogP contribution in [0.4, 0.5) is 0 Å². The van der Waals surface area contributed by atoms with Gasteiger partial charge in [-0.15, -0.1) is 0 Å². The Bertz CT molecular complexity index is 148. The predicted octanol–water partition coefficient (Wildman–Crippen LogP) is -0.0523. The van der Waals surface area contributed by atoms with E-state index >= 15 is 0 Å². The molecule has 1 N–H and O–H groups in total. The van der Waals surface area contributed by atoms with Gasteiger partial charge in [-0.25, -0.2) is 0 Å². The molecule has 0 aliphatic rings. The molecule has 4 nitrogen and oxygen atoms in total. The Balaban J connectivity index is 0. The lowest BCUT2D eigenvalue weighted by molar-refractivity contribution is -0.169. The maximum atomic E-state index is 7.47. The molecule has 0 radical (unpaired) electrons. The fourth-order valence-corrected chi connectivity index (χ4v) is 1.07. The van der Waals surface area contributed by atoms with Crippen molar-refractivity contribution in [2.75, 3.05) is 21.3 Å². The summed E-state index contributed by atoms with van der Waals surface area (Å²) in [4.78, 5) is 0. The largest absolute Gasteiger partial charge is 0.481 e. The van der Waals surface area contributed by atoms with Crippen molar-refractivity contribution in [1.29, 1.82) is 5.41 Å². The van der Waals surface area contributed by atoms with Crippen LogP contribution < -0.4 is 0 Å². The average Bonchev–Trinajstić information content (AvgIpc) is 2.13. The molecule has 0 amide bonds. The number of methoxy groups -OCH3 is 3. The number of hydrogen-bond acceptors (Lipinski definition) is 4. The van der Waals surface area contributed by atoms with Gasteiger partial charge in [0.15, 0.2) is 0 Å². The zero-order chi connectivity index (χ0) is 9.61. The summed E-state index contributed by atoms with van der Waals surface area (Å²) >= 11 is 0. The Morgan fingerprint density at radius 3 is 1.92 bits per heavy atom. The third-order valence-corrected chi connectivity index (χ3v) is 1.79. The van der Waals surface area contributed by atoms with Crippen LogP contribution in [-0.4, -0.2) is 44.0 Å². The van der Waals surface area contributed by atoms with Crippen molar-refractivity contribution >= 4 is 16.9 Å². The van der Waals surface area contributed by atoms with Gasteiger partial charge in [-0.2, -0.15) is 0 Å². The van der Waals surface area contributed by atoms with Gasteiger partial charge < -0.3 is 14.2 Å². The van der Waals surface area contributed by atoms with Crippen molar-refractivity contribution in [1.82, 2.24) is 0 Å². The Labute approximate surface area is 84.1 Å². The highest BCUT2D eigenvalue weighted by molar-refractivity contribution is 5.80. The average molecular weight is 207 g/mol. The molecule has 0 heterocycles. The van der Waals surface area contributed by atoms with Crippen LogP contribution in [0, 0.1) is 5.41 Å². The van der Waals surface area contributed by atoms with Gasteiger partial charge in [-0.05, 0) is 11.0 Å². The highest BCUT2D eigenvalue weighted by atomic mass is 28.1. The van der Waals surface area contributed by atoms with Crippen molar-refractivity contribution in [3.63, 3.8) is 0 Å². The minimum absolute atomic E-state index is 0. The van der Waals surface area contributed by atoms with E-state index in [0.717, 1.165) is 6.42 Å². The minimum Gasteiger partial charge on any atom is -0.481 e. The third-order valence-electron chi connectivity index (χ3n) is 1.79. The molecule has 0 rings (SSSR count). The zero-order valence-corrected chi connectivity index (χ0v) is 8.14. The summed E-state index contributed by atoms with van der Waals surface area (Å²) in [6.45, 7) is 2.00. The molecule has 0 saturated carbocycles. The lowest BCUT2D eigenvalue weighted by atomic mass is 10.1. The maximum Gasteiger partial charge on any atom is 0.245 e. The Morgan fingerprint density at radius 1 is 1.23 bits per heavy atom. The van der Waals surface area contributed by atoms with Crippen LogP contribution in [0.3, 0.4) is 0 Å². The summed E-state index contributed by atoms with van der Waals surface area (Å²) in [5.74, 6) is -0.988. The second kappa shape index (κ2) is 7.05. The standard InChI is InChI=1S/C8H17NO3.H4Si/c1-5-6-8(11-3,12-4)7(9)10-2;/h9H,5-6H2,1-4H3;1H4. The van der Waals surface area contributed by atoms with Gasteiger partial charge in [0.25, 0.3) is 0 Å². The van der Waals surface area contributed by atoms with Crippen molar-refractivity contribution in [3.05, 3.63) is 0 Å². The van der Waals surface area contributed by atoms with Gasteiger partial charge in [0.1, 0.15) is 0 Å². The molecule has 0 unspecified atom stereocenters. The normalized spacial score (nSPS) is 10.5. The molecule has 0 aliphatic heterocycles. The summed E-state index contributed by atoms with van der Waals surface area (Å²) in [6.07, 6.45) is 1.49. The van der Waals surface area contributed by atoms with E-state index in [-0.39, 0.29) is 16.9 Å². The van der Waals surface area contributed by atoms with Crippen molar-refractivity contribution in [2.45, 2.75) is 25.6 Å². The fourth-order valence-electron chi connectivity index (χ4n) is 1.07. The fraction of sp³-hybridized carbons (Fsp3) is 0.875. The van der Waals surface area contributed by atoms with Gasteiger partial charge in [0.05, 0.1) is 7.11 Å². The van der Waals surface area contributed by atoms with E-state index in [1.807, 2.05) is 6.92 Å². The minimum atomic E-state index is -0.997. The van der Waals surface area contributed by atoms with Gasteiger partial charge in [0, 0.05) is 20.6 Å². The van der Waals surface area contributed by atoms with E-state index in [0.29, 0.717) is 6.42 Å². The molecular formula is C8H21NO3Si. The Morgan fingerprint density at radius 2 is 1.69 bits per heavy atom. The molecule has 13 heavy (non-hydrogen) atoms. The molecule has 0 atom stereocenters. The van der Waals surface area contributed by atoms with E-state index < -0.39 is 5.79 Å². The first-order chi connectivity index (χ1) is 5.66.